The van der Waals surface area contributed by atoms with Crippen LogP contribution < -0.4 is 0 Å². The molecule has 0 unspecified atom stereocenters. The van der Waals surface area contributed by atoms with E-state index >= 15 is 0 Å². The molecule has 2 aromatic carbocycles. The Balaban J connectivity index is 1.71. The van der Waals surface area contributed by atoms with Gasteiger partial charge in [0.15, 0.2) is 0 Å². The Kier molecular flexibility index (Phi) is 5.06. The number of nitrogens with zero attached hydrogens (tertiary/aromatic N) is 3. The molecule has 1 amide bonds. The van der Waals surface area contributed by atoms with Gasteiger partial charge in [0.25, 0.3) is 5.91 Å². The van der Waals surface area contributed by atoms with Crippen LogP contribution in [0.3, 0.4) is 0 Å². The molecule has 2 heterocycles. The summed E-state index contributed by atoms with van der Waals surface area (Å²) in [6.45, 7) is 1.21. The van der Waals surface area contributed by atoms with Gasteiger partial charge in [0.2, 0.25) is 10.0 Å². The zero-order valence-electron chi connectivity index (χ0n) is 15.9. The van der Waals surface area contributed by atoms with Crippen LogP contribution in [0.15, 0.2) is 54.6 Å². The Hall–Kier alpha value is -2.84. The molecule has 1 aliphatic heterocycles. The van der Waals surface area contributed by atoms with Crippen LogP contribution in [0.1, 0.15) is 10.4 Å². The van der Waals surface area contributed by atoms with E-state index in [1.54, 1.807) is 23.1 Å². The first kappa shape index (κ1) is 19.5. The Morgan fingerprint density at radius 1 is 1.00 bits per heavy atom. The van der Waals surface area contributed by atoms with E-state index in [0.29, 0.717) is 35.4 Å². The number of piperazine rings is 1. The highest BCUT2D eigenvalue weighted by Gasteiger charge is 2.27. The average molecular weight is 413 g/mol. The zero-order valence-corrected chi connectivity index (χ0v) is 16.7. The number of fused-ring (bicyclic) bond motifs is 1. The number of pyridine rings is 1. The van der Waals surface area contributed by atoms with E-state index in [-0.39, 0.29) is 24.8 Å². The van der Waals surface area contributed by atoms with E-state index in [4.69, 9.17) is 0 Å². The minimum absolute atomic E-state index is 0.167. The number of amides is 1. The molecule has 0 bridgehead atoms. The summed E-state index contributed by atoms with van der Waals surface area (Å²) in [5.74, 6) is -0.505. The van der Waals surface area contributed by atoms with Crippen LogP contribution in [0.4, 0.5) is 4.39 Å². The fourth-order valence-electron chi connectivity index (χ4n) is 3.51. The third kappa shape index (κ3) is 3.99. The minimum atomic E-state index is -3.27. The van der Waals surface area contributed by atoms with Crippen molar-refractivity contribution in [2.24, 2.45) is 0 Å². The number of rotatable bonds is 3. The van der Waals surface area contributed by atoms with Crippen LogP contribution in [0.5, 0.6) is 0 Å². The number of halogens is 1. The second-order valence-corrected chi connectivity index (χ2v) is 9.02. The molecule has 0 atom stereocenters. The summed E-state index contributed by atoms with van der Waals surface area (Å²) in [6.07, 6.45) is 1.18. The number of carbonyl (C=O) groups excluding carboxylic acids is 1. The SMILES string of the molecule is CS(=O)(=O)N1CCN(C(=O)c2cc(-c3ccc(F)cc3)nc3ccccc23)CC1. The maximum atomic E-state index is 13.3. The van der Waals surface area contributed by atoms with Gasteiger partial charge in [-0.2, -0.15) is 4.31 Å². The standard InChI is InChI=1S/C21H20FN3O3S/c1-29(27,28)25-12-10-24(11-13-25)21(26)18-14-20(15-6-8-16(22)9-7-15)23-19-5-3-2-4-17(18)19/h2-9,14H,10-13H2,1H3. The number of hydrogen-bond donors (Lipinski definition) is 0. The number of benzene rings is 2. The van der Waals surface area contributed by atoms with Crippen LogP contribution >= 0.6 is 0 Å². The molecule has 0 N–H and O–H groups in total. The third-order valence-corrected chi connectivity index (χ3v) is 6.38. The molecule has 1 fully saturated rings. The smallest absolute Gasteiger partial charge is 0.254 e. The van der Waals surface area contributed by atoms with Gasteiger partial charge in [-0.25, -0.2) is 17.8 Å². The second-order valence-electron chi connectivity index (χ2n) is 7.03. The molecule has 0 spiro atoms. The highest BCUT2D eigenvalue weighted by molar-refractivity contribution is 7.88. The molecule has 1 aromatic heterocycles. The van der Waals surface area contributed by atoms with E-state index in [0.717, 1.165) is 5.39 Å². The zero-order chi connectivity index (χ0) is 20.6. The maximum Gasteiger partial charge on any atom is 0.254 e. The van der Waals surface area contributed by atoms with Crippen LogP contribution in [-0.2, 0) is 10.0 Å². The normalized spacial score (nSPS) is 15.6. The lowest BCUT2D eigenvalue weighted by atomic mass is 10.0. The van der Waals surface area contributed by atoms with Gasteiger partial charge in [-0.1, -0.05) is 18.2 Å². The Bertz CT molecular complexity index is 1170. The molecule has 8 heteroatoms. The van der Waals surface area contributed by atoms with Crippen molar-refractivity contribution >= 4 is 26.8 Å². The van der Waals surface area contributed by atoms with E-state index in [9.17, 15) is 17.6 Å². The van der Waals surface area contributed by atoms with Crippen molar-refractivity contribution in [1.82, 2.24) is 14.2 Å². The van der Waals surface area contributed by atoms with Gasteiger partial charge in [-0.3, -0.25) is 4.79 Å². The van der Waals surface area contributed by atoms with Crippen molar-refractivity contribution in [2.45, 2.75) is 0 Å². The fraction of sp³-hybridized carbons (Fsp3) is 0.238. The molecule has 1 aliphatic rings. The quantitative estimate of drug-likeness (QED) is 0.662. The predicted octanol–water partition coefficient (Wildman–Crippen LogP) is 2.76. The van der Waals surface area contributed by atoms with Crippen molar-refractivity contribution in [3.8, 4) is 11.3 Å². The van der Waals surface area contributed by atoms with Gasteiger partial charge < -0.3 is 4.90 Å². The van der Waals surface area contributed by atoms with Gasteiger partial charge in [-0.15, -0.1) is 0 Å². The van der Waals surface area contributed by atoms with Crippen LogP contribution in [-0.4, -0.2) is 60.9 Å². The van der Waals surface area contributed by atoms with E-state index < -0.39 is 10.0 Å². The lowest BCUT2D eigenvalue weighted by Crippen LogP contribution is -2.50. The minimum Gasteiger partial charge on any atom is -0.336 e. The molecular weight excluding hydrogens is 393 g/mol. The number of aromatic nitrogens is 1. The van der Waals surface area contributed by atoms with Crippen LogP contribution in [0.2, 0.25) is 0 Å². The van der Waals surface area contributed by atoms with E-state index in [1.165, 1.54) is 22.7 Å². The van der Waals surface area contributed by atoms with E-state index in [2.05, 4.69) is 4.98 Å². The monoisotopic (exact) mass is 413 g/mol. The lowest BCUT2D eigenvalue weighted by molar-refractivity contribution is 0.0700. The second kappa shape index (κ2) is 7.53. The van der Waals surface area contributed by atoms with Crippen LogP contribution in [0.25, 0.3) is 22.2 Å². The van der Waals surface area contributed by atoms with Crippen molar-refractivity contribution < 1.29 is 17.6 Å². The highest BCUT2D eigenvalue weighted by Crippen LogP contribution is 2.26. The lowest BCUT2D eigenvalue weighted by Gasteiger charge is -2.33. The summed E-state index contributed by atoms with van der Waals surface area (Å²) in [5, 5.41) is 0.730. The molecule has 150 valence electrons. The van der Waals surface area contributed by atoms with Crippen molar-refractivity contribution in [3.63, 3.8) is 0 Å². The first-order chi connectivity index (χ1) is 13.8. The summed E-state index contributed by atoms with van der Waals surface area (Å²) in [4.78, 5) is 19.6. The van der Waals surface area contributed by atoms with Gasteiger partial charge in [-0.05, 0) is 36.4 Å². The van der Waals surface area contributed by atoms with E-state index in [1.807, 2.05) is 24.3 Å². The third-order valence-electron chi connectivity index (χ3n) is 5.08. The first-order valence-electron chi connectivity index (χ1n) is 9.23. The molecular formula is C21H20FN3O3S. The number of para-hydroxylation sites is 1. The summed E-state index contributed by atoms with van der Waals surface area (Å²) >= 11 is 0. The molecule has 1 saturated heterocycles. The molecule has 3 aromatic rings. The van der Waals surface area contributed by atoms with Crippen LogP contribution in [0, 0.1) is 5.82 Å². The Morgan fingerprint density at radius 3 is 2.31 bits per heavy atom. The number of carbonyl (C=O) groups is 1. The molecule has 6 nitrogen and oxygen atoms in total. The van der Waals surface area contributed by atoms with Gasteiger partial charge >= 0.3 is 0 Å². The summed E-state index contributed by atoms with van der Waals surface area (Å²) in [6, 6.07) is 15.1. The number of sulfonamides is 1. The van der Waals surface area contributed by atoms with Gasteiger partial charge in [0, 0.05) is 37.1 Å². The largest absolute Gasteiger partial charge is 0.336 e. The first-order valence-corrected chi connectivity index (χ1v) is 11.1. The molecule has 0 radical (unpaired) electrons. The number of hydrogen-bond acceptors (Lipinski definition) is 4. The predicted molar refractivity (Wildman–Crippen MR) is 109 cm³/mol. The Morgan fingerprint density at radius 2 is 1.66 bits per heavy atom. The maximum absolute atomic E-state index is 13.3. The van der Waals surface area contributed by atoms with Crippen molar-refractivity contribution in [2.75, 3.05) is 32.4 Å². The molecule has 0 aliphatic carbocycles. The van der Waals surface area contributed by atoms with Crippen molar-refractivity contribution in [3.05, 3.63) is 66.0 Å². The Labute approximate surface area is 168 Å². The van der Waals surface area contributed by atoms with Crippen molar-refractivity contribution in [1.29, 1.82) is 0 Å². The molecule has 29 heavy (non-hydrogen) atoms. The molecule has 4 rings (SSSR count). The van der Waals surface area contributed by atoms with Gasteiger partial charge in [0.1, 0.15) is 5.82 Å². The summed E-state index contributed by atoms with van der Waals surface area (Å²) in [5.41, 5.74) is 2.48. The fourth-order valence-corrected chi connectivity index (χ4v) is 4.34. The summed E-state index contributed by atoms with van der Waals surface area (Å²) in [7, 11) is -3.27. The topological polar surface area (TPSA) is 70.6 Å². The van der Waals surface area contributed by atoms with Gasteiger partial charge in [0.05, 0.1) is 23.0 Å². The molecule has 0 saturated carbocycles. The average Bonchev–Trinajstić information content (AvgIpc) is 2.72. The highest BCUT2D eigenvalue weighted by atomic mass is 32.2. The summed E-state index contributed by atoms with van der Waals surface area (Å²) < 4.78 is 38.1.